The summed E-state index contributed by atoms with van der Waals surface area (Å²) in [5.74, 6) is 1.33. The molecule has 0 aliphatic rings. The zero-order chi connectivity index (χ0) is 18.9. The first-order valence-electron chi connectivity index (χ1n) is 8.46. The summed E-state index contributed by atoms with van der Waals surface area (Å²) >= 11 is 0. The predicted octanol–water partition coefficient (Wildman–Crippen LogP) is 3.27. The number of aromatic nitrogens is 2. The number of benzene rings is 1. The van der Waals surface area contributed by atoms with Crippen molar-refractivity contribution in [2.45, 2.75) is 13.1 Å². The van der Waals surface area contributed by atoms with Crippen molar-refractivity contribution in [3.05, 3.63) is 84.1 Å². The van der Waals surface area contributed by atoms with Gasteiger partial charge in [-0.25, -0.2) is 9.37 Å². The molecule has 0 aliphatic heterocycles. The van der Waals surface area contributed by atoms with Gasteiger partial charge in [-0.3, -0.25) is 9.98 Å². The minimum Gasteiger partial charge on any atom is -0.439 e. The van der Waals surface area contributed by atoms with Crippen LogP contribution in [0, 0.1) is 5.82 Å². The van der Waals surface area contributed by atoms with Crippen molar-refractivity contribution in [2.24, 2.45) is 4.99 Å². The first kappa shape index (κ1) is 18.3. The van der Waals surface area contributed by atoms with Crippen molar-refractivity contribution < 1.29 is 9.13 Å². The summed E-state index contributed by atoms with van der Waals surface area (Å²) in [5.41, 5.74) is 1.90. The Morgan fingerprint density at radius 3 is 2.56 bits per heavy atom. The lowest BCUT2D eigenvalue weighted by Gasteiger charge is -2.12. The number of guanidine groups is 1. The summed E-state index contributed by atoms with van der Waals surface area (Å²) in [6.45, 7) is 1.12. The molecular formula is C20H20FN5O. The summed E-state index contributed by atoms with van der Waals surface area (Å²) < 4.78 is 18.6. The van der Waals surface area contributed by atoms with E-state index in [1.165, 1.54) is 12.1 Å². The van der Waals surface area contributed by atoms with E-state index in [-0.39, 0.29) is 5.82 Å². The second-order valence-corrected chi connectivity index (χ2v) is 5.66. The van der Waals surface area contributed by atoms with Gasteiger partial charge in [0.2, 0.25) is 5.88 Å². The Bertz CT molecular complexity index is 884. The van der Waals surface area contributed by atoms with Crippen LogP contribution in [0.3, 0.4) is 0 Å². The Balaban J connectivity index is 1.54. The number of halogens is 1. The zero-order valence-electron chi connectivity index (χ0n) is 14.9. The second-order valence-electron chi connectivity index (χ2n) is 5.66. The third-order valence-electron chi connectivity index (χ3n) is 3.68. The molecule has 0 saturated heterocycles. The van der Waals surface area contributed by atoms with Gasteiger partial charge in [-0.2, -0.15) is 0 Å². The Morgan fingerprint density at radius 1 is 1.00 bits per heavy atom. The lowest BCUT2D eigenvalue weighted by atomic mass is 10.2. The van der Waals surface area contributed by atoms with E-state index in [1.54, 1.807) is 31.6 Å². The fraction of sp³-hybridized carbons (Fsp3) is 0.150. The molecule has 0 unspecified atom stereocenters. The number of aliphatic imine (C=N–C) groups is 1. The maximum atomic E-state index is 13.0. The van der Waals surface area contributed by atoms with Crippen LogP contribution in [0.25, 0.3) is 0 Å². The summed E-state index contributed by atoms with van der Waals surface area (Å²) in [7, 11) is 1.71. The standard InChI is InChI=1S/C20H20FN5O/c1-22-20(26-14-17-4-2-3-10-23-17)25-13-15-9-11-24-19(12-15)27-18-7-5-16(21)6-8-18/h2-12H,13-14H2,1H3,(H2,22,25,26). The Kier molecular flexibility index (Phi) is 6.30. The van der Waals surface area contributed by atoms with Gasteiger partial charge in [0.1, 0.15) is 11.6 Å². The maximum Gasteiger partial charge on any atom is 0.219 e. The largest absolute Gasteiger partial charge is 0.439 e. The maximum absolute atomic E-state index is 13.0. The Labute approximate surface area is 157 Å². The number of nitrogens with one attached hydrogen (secondary N) is 2. The van der Waals surface area contributed by atoms with E-state index in [4.69, 9.17) is 4.74 Å². The van der Waals surface area contributed by atoms with Crippen LogP contribution in [0.1, 0.15) is 11.3 Å². The third-order valence-corrected chi connectivity index (χ3v) is 3.68. The highest BCUT2D eigenvalue weighted by atomic mass is 19.1. The van der Waals surface area contributed by atoms with E-state index < -0.39 is 0 Å². The number of ether oxygens (including phenoxy) is 1. The Hall–Kier alpha value is -3.48. The lowest BCUT2D eigenvalue weighted by Crippen LogP contribution is -2.36. The highest BCUT2D eigenvalue weighted by Gasteiger charge is 2.03. The molecule has 3 aromatic rings. The molecule has 0 spiro atoms. The lowest BCUT2D eigenvalue weighted by molar-refractivity contribution is 0.460. The molecule has 6 nitrogen and oxygen atoms in total. The van der Waals surface area contributed by atoms with Crippen molar-refractivity contribution in [3.8, 4) is 11.6 Å². The summed E-state index contributed by atoms with van der Waals surface area (Å²) in [5, 5.41) is 6.44. The average Bonchev–Trinajstić information content (AvgIpc) is 2.71. The van der Waals surface area contributed by atoms with Gasteiger partial charge in [-0.15, -0.1) is 0 Å². The van der Waals surface area contributed by atoms with Crippen molar-refractivity contribution in [1.29, 1.82) is 0 Å². The molecule has 0 aliphatic carbocycles. The number of hydrogen-bond acceptors (Lipinski definition) is 4. The molecule has 2 N–H and O–H groups in total. The minimum atomic E-state index is -0.308. The molecule has 2 heterocycles. The zero-order valence-corrected chi connectivity index (χ0v) is 14.9. The summed E-state index contributed by atoms with van der Waals surface area (Å²) in [4.78, 5) is 12.6. The van der Waals surface area contributed by atoms with E-state index in [0.29, 0.717) is 30.7 Å². The van der Waals surface area contributed by atoms with Crippen molar-refractivity contribution in [2.75, 3.05) is 7.05 Å². The Morgan fingerprint density at radius 2 is 1.81 bits per heavy atom. The van der Waals surface area contributed by atoms with Crippen LogP contribution in [0.15, 0.2) is 72.0 Å². The topological polar surface area (TPSA) is 71.4 Å². The van der Waals surface area contributed by atoms with Crippen LogP contribution >= 0.6 is 0 Å². The molecule has 0 fully saturated rings. The van der Waals surface area contributed by atoms with Crippen LogP contribution in [-0.4, -0.2) is 23.0 Å². The summed E-state index contributed by atoms with van der Waals surface area (Å²) in [6, 6.07) is 15.3. The van der Waals surface area contributed by atoms with Gasteiger partial charge >= 0.3 is 0 Å². The van der Waals surface area contributed by atoms with Gasteiger partial charge in [-0.1, -0.05) is 6.07 Å². The van der Waals surface area contributed by atoms with E-state index in [0.717, 1.165) is 11.3 Å². The third kappa shape index (κ3) is 5.78. The molecular weight excluding hydrogens is 345 g/mol. The highest BCUT2D eigenvalue weighted by Crippen LogP contribution is 2.20. The number of nitrogens with zero attached hydrogens (tertiary/aromatic N) is 3. The van der Waals surface area contributed by atoms with Crippen LogP contribution in [0.2, 0.25) is 0 Å². The molecule has 1 aromatic carbocycles. The summed E-state index contributed by atoms with van der Waals surface area (Å²) in [6.07, 6.45) is 3.42. The second kappa shape index (κ2) is 9.28. The average molecular weight is 365 g/mol. The quantitative estimate of drug-likeness (QED) is 0.518. The predicted molar refractivity (Wildman–Crippen MR) is 102 cm³/mol. The molecule has 0 saturated carbocycles. The SMILES string of the molecule is CN=C(NCc1ccnc(Oc2ccc(F)cc2)c1)NCc1ccccn1. The van der Waals surface area contributed by atoms with E-state index in [9.17, 15) is 4.39 Å². The molecule has 0 bridgehead atoms. The molecule has 0 amide bonds. The highest BCUT2D eigenvalue weighted by molar-refractivity contribution is 5.79. The molecule has 3 rings (SSSR count). The van der Waals surface area contributed by atoms with Crippen LogP contribution in [0.5, 0.6) is 11.6 Å². The molecule has 0 radical (unpaired) electrons. The minimum absolute atomic E-state index is 0.308. The van der Waals surface area contributed by atoms with E-state index >= 15 is 0 Å². The van der Waals surface area contributed by atoms with Gasteiger partial charge < -0.3 is 15.4 Å². The van der Waals surface area contributed by atoms with Crippen LogP contribution in [-0.2, 0) is 13.1 Å². The van der Waals surface area contributed by atoms with Crippen molar-refractivity contribution in [1.82, 2.24) is 20.6 Å². The molecule has 2 aromatic heterocycles. The number of rotatable bonds is 6. The number of pyridine rings is 2. The van der Waals surface area contributed by atoms with Gasteiger partial charge in [0, 0.05) is 32.1 Å². The normalized spacial score (nSPS) is 11.1. The smallest absolute Gasteiger partial charge is 0.219 e. The van der Waals surface area contributed by atoms with Gasteiger partial charge in [-0.05, 0) is 48.0 Å². The first-order chi connectivity index (χ1) is 13.2. The molecule has 7 heteroatoms. The monoisotopic (exact) mass is 365 g/mol. The van der Waals surface area contributed by atoms with Crippen LogP contribution < -0.4 is 15.4 Å². The fourth-order valence-corrected chi connectivity index (χ4v) is 2.32. The van der Waals surface area contributed by atoms with E-state index in [1.807, 2.05) is 30.3 Å². The molecule has 0 atom stereocenters. The molecule has 138 valence electrons. The molecule has 27 heavy (non-hydrogen) atoms. The first-order valence-corrected chi connectivity index (χ1v) is 8.46. The fourth-order valence-electron chi connectivity index (χ4n) is 2.32. The van der Waals surface area contributed by atoms with Crippen LogP contribution in [0.4, 0.5) is 4.39 Å². The van der Waals surface area contributed by atoms with Crippen molar-refractivity contribution >= 4 is 5.96 Å². The van der Waals surface area contributed by atoms with Crippen molar-refractivity contribution in [3.63, 3.8) is 0 Å². The van der Waals surface area contributed by atoms with Gasteiger partial charge in [0.25, 0.3) is 0 Å². The van der Waals surface area contributed by atoms with Gasteiger partial charge in [0.05, 0.1) is 12.2 Å². The van der Waals surface area contributed by atoms with Gasteiger partial charge in [0.15, 0.2) is 5.96 Å². The van der Waals surface area contributed by atoms with E-state index in [2.05, 4.69) is 25.6 Å². The number of hydrogen-bond donors (Lipinski definition) is 2.